The fourth-order valence-electron chi connectivity index (χ4n) is 10.0. The molecule has 3 fully saturated rings. The molecule has 3 aliphatic carbocycles. The first kappa shape index (κ1) is 88.0. The number of halogens is 9. The molecule has 0 spiro atoms. The Morgan fingerprint density at radius 1 is 0.604 bits per heavy atom. The van der Waals surface area contributed by atoms with Crippen LogP contribution in [0, 0.1) is 17.8 Å². The predicted molar refractivity (Wildman–Crippen MR) is 377 cm³/mol. The highest BCUT2D eigenvalue weighted by Crippen LogP contribution is 2.52. The van der Waals surface area contributed by atoms with Crippen molar-refractivity contribution in [2.75, 3.05) is 48.6 Å². The third kappa shape index (κ3) is 32.6. The number of Topliss-reactive ketones (excluding diaryl/α,β-unsaturated/α-hetero) is 1. The summed E-state index contributed by atoms with van der Waals surface area (Å²) in [5, 5.41) is 5.19. The van der Waals surface area contributed by atoms with Crippen LogP contribution in [-0.4, -0.2) is 105 Å². The number of likely N-dealkylation sites (N-methyl/N-ethyl adjacent to an activating group) is 2. The summed E-state index contributed by atoms with van der Waals surface area (Å²) in [6, 6.07) is 20.8. The van der Waals surface area contributed by atoms with Crippen molar-refractivity contribution in [3.63, 3.8) is 0 Å². The second-order valence-corrected chi connectivity index (χ2v) is 26.3. The molecule has 3 saturated carbocycles. The van der Waals surface area contributed by atoms with E-state index in [1.165, 1.54) is 20.4 Å². The summed E-state index contributed by atoms with van der Waals surface area (Å²) in [4.78, 5) is 58.1. The fraction of sp³-hybridized carbons (Fsp3) is 0.500. The van der Waals surface area contributed by atoms with Gasteiger partial charge in [0.05, 0.1) is 53.5 Å². The van der Waals surface area contributed by atoms with Crippen molar-refractivity contribution in [1.82, 2.24) is 25.6 Å². The van der Waals surface area contributed by atoms with Gasteiger partial charge in [-0.2, -0.15) is 0 Å². The van der Waals surface area contributed by atoms with E-state index in [2.05, 4.69) is 57.4 Å². The number of carbonyl (C=O) groups excluding carboxylic acids is 4. The van der Waals surface area contributed by atoms with Crippen molar-refractivity contribution >= 4 is 87.9 Å². The topological polar surface area (TPSA) is 220 Å². The predicted octanol–water partition coefficient (Wildman–Crippen LogP) is 17.5. The number of allylic oxidation sites excluding steroid dienone is 2. The van der Waals surface area contributed by atoms with Gasteiger partial charge in [0, 0.05) is 121 Å². The molecule has 0 saturated heterocycles. The Hall–Kier alpha value is -6.01. The first-order valence-electron chi connectivity index (χ1n) is 30.8. The van der Waals surface area contributed by atoms with E-state index in [9.17, 15) is 50.1 Å². The Labute approximate surface area is 586 Å². The molecule has 4 N–H and O–H groups in total. The minimum Gasteiger partial charge on any atom is -0.481 e. The first-order chi connectivity index (χ1) is 44.2. The van der Waals surface area contributed by atoms with E-state index < -0.39 is 25.4 Å². The van der Waals surface area contributed by atoms with Crippen molar-refractivity contribution in [3.05, 3.63) is 151 Å². The maximum atomic E-state index is 13.4. The summed E-state index contributed by atoms with van der Waals surface area (Å²) in [6.45, 7) is 4.74. The van der Waals surface area contributed by atoms with Crippen LogP contribution in [0.3, 0.4) is 0 Å². The number of amides is 2. The molecule has 96 heavy (non-hydrogen) atoms. The number of hydrogen-bond acceptors (Lipinski definition) is 14. The Morgan fingerprint density at radius 2 is 1.00 bits per heavy atom. The molecule has 5 aromatic rings. The second-order valence-electron chi connectivity index (χ2n) is 22.4. The molecule has 3 heterocycles. The molecule has 3 aromatic heterocycles. The zero-order valence-electron chi connectivity index (χ0n) is 54.2. The number of nitrogens with two attached hydrogens (primary N) is 1. The van der Waals surface area contributed by atoms with E-state index in [4.69, 9.17) is 29.0 Å². The molecule has 0 bridgehead atoms. The standard InChI is InChI=1S/C26H30F2N2O3.C14H16BrF2NO.C11H17BrNO4P.C10H14N2O.C7H10F2O.2CH4.ClH/c1-29-24(32)15-20-5-3-4-19(14-20)7-9-23(31)22-16-21(25(33-2)30-17-22)8-6-18-10-12-26(27,28)13-11-18;1-19-13-11(8-12(15)9-18-13)3-2-10-4-6-14(16,17)7-5-10;1-4-16-18(14,17-5-2)8-9-6-10(12)7-13-11(9)15-3;1-12-10(13)6-8-3-2-4-9(5-8)7-11;8-7(9)3-1-6(5-10)2-4-7;;;/h3-6,8,14,16-18H,7,9-13,15H2,1-2H3,(H,29,32);2-3,8-10H,4-7H2,1H3;6-7H,4-5,8H2,1-3H3;2-5H,6-7,11H2,1H3,(H,12,13);5-6H,1-4H2;2*1H4;1H/b8-6+;3-2+;;;;;;. The van der Waals surface area contributed by atoms with Crippen LogP contribution in [0.5, 0.6) is 17.6 Å². The number of alkyl halides is 6. The van der Waals surface area contributed by atoms with Gasteiger partial charge in [0.25, 0.3) is 0 Å². The number of benzene rings is 2. The van der Waals surface area contributed by atoms with Crippen molar-refractivity contribution in [1.29, 1.82) is 0 Å². The lowest BCUT2D eigenvalue weighted by Gasteiger charge is -2.26. The summed E-state index contributed by atoms with van der Waals surface area (Å²) < 4.78 is 118. The average molecular weight is 1520 g/mol. The van der Waals surface area contributed by atoms with E-state index in [0.29, 0.717) is 118 Å². The number of pyridine rings is 3. The van der Waals surface area contributed by atoms with Crippen molar-refractivity contribution in [3.8, 4) is 17.6 Å². The Balaban J connectivity index is 0.000000633. The molecule has 0 aliphatic heterocycles. The number of nitrogens with zero attached hydrogens (tertiary/aromatic N) is 3. The van der Waals surface area contributed by atoms with Crippen LogP contribution in [0.15, 0.2) is 106 Å². The minimum absolute atomic E-state index is 0. The van der Waals surface area contributed by atoms with Crippen LogP contribution < -0.4 is 30.6 Å². The Bertz CT molecular complexity index is 3260. The van der Waals surface area contributed by atoms with Gasteiger partial charge >= 0.3 is 7.60 Å². The maximum absolute atomic E-state index is 13.4. The van der Waals surface area contributed by atoms with Gasteiger partial charge in [-0.15, -0.1) is 12.4 Å². The highest BCUT2D eigenvalue weighted by molar-refractivity contribution is 9.10. The minimum atomic E-state index is -3.14. The summed E-state index contributed by atoms with van der Waals surface area (Å²) in [5.74, 6) is -6.07. The van der Waals surface area contributed by atoms with E-state index in [0.717, 1.165) is 43.0 Å². The summed E-state index contributed by atoms with van der Waals surface area (Å²) in [5.41, 5.74) is 12.1. The number of rotatable bonds is 23. The Kier molecular flexibility index (Phi) is 41.1. The largest absolute Gasteiger partial charge is 0.481 e. The van der Waals surface area contributed by atoms with Gasteiger partial charge in [0.1, 0.15) is 6.29 Å². The summed E-state index contributed by atoms with van der Waals surface area (Å²) in [6.07, 6.45) is 17.1. The zero-order chi connectivity index (χ0) is 68.6. The van der Waals surface area contributed by atoms with Crippen LogP contribution in [0.2, 0.25) is 0 Å². The molecule has 8 rings (SSSR count). The number of aldehydes is 1. The van der Waals surface area contributed by atoms with Crippen molar-refractivity contribution in [2.24, 2.45) is 23.5 Å². The van der Waals surface area contributed by atoms with E-state index in [1.807, 2.05) is 78.9 Å². The molecule has 3 aliphatic rings. The van der Waals surface area contributed by atoms with Gasteiger partial charge in [-0.3, -0.25) is 18.9 Å². The zero-order valence-corrected chi connectivity index (χ0v) is 59.1. The lowest BCUT2D eigenvalue weighted by molar-refractivity contribution is -0.120. The normalized spacial score (nSPS) is 15.6. The van der Waals surface area contributed by atoms with Gasteiger partial charge in [0.2, 0.25) is 47.2 Å². The monoisotopic (exact) mass is 1520 g/mol. The van der Waals surface area contributed by atoms with Gasteiger partial charge < -0.3 is 44.4 Å². The molecule has 0 radical (unpaired) electrons. The number of ether oxygens (including phenoxy) is 3. The highest BCUT2D eigenvalue weighted by Gasteiger charge is 2.36. The smallest absolute Gasteiger partial charge is 0.335 e. The second kappa shape index (κ2) is 44.8. The third-order valence-electron chi connectivity index (χ3n) is 15.3. The number of ketones is 1. The van der Waals surface area contributed by atoms with Crippen molar-refractivity contribution in [2.45, 2.75) is 162 Å². The number of aromatic nitrogens is 3. The lowest BCUT2D eigenvalue weighted by Crippen LogP contribution is -2.24. The summed E-state index contributed by atoms with van der Waals surface area (Å²) in [7, 11) is 4.69. The quantitative estimate of drug-likeness (QED) is 0.0240. The molecular formula is C70H96Br2ClF6N6O10P. The molecule has 26 heteroatoms. The van der Waals surface area contributed by atoms with E-state index in [1.54, 1.807) is 59.6 Å². The first-order valence-corrected chi connectivity index (χ1v) is 34.1. The summed E-state index contributed by atoms with van der Waals surface area (Å²) >= 11 is 6.68. The number of carbonyl (C=O) groups is 4. The van der Waals surface area contributed by atoms with Crippen molar-refractivity contribution < 1.29 is 73.3 Å². The number of nitrogens with one attached hydrogen (secondary N) is 2. The molecule has 534 valence electrons. The van der Waals surface area contributed by atoms with Crippen LogP contribution >= 0.6 is 51.9 Å². The van der Waals surface area contributed by atoms with Crippen LogP contribution in [0.4, 0.5) is 26.3 Å². The van der Waals surface area contributed by atoms with Gasteiger partial charge in [-0.1, -0.05) is 87.7 Å². The SMILES string of the molecule is C.C.CCOP(=O)(Cc1cc(Br)cnc1OC)OCC.CNC(=O)Cc1cccc(CCC(=O)c2cnc(OC)c(/C=C/C3CCC(F)(F)CC3)c2)c1.CNC(=O)Cc1cccc(CN)c1.COc1ncc(Br)cc1/C=C/C1CCC(F)(F)CC1.Cl.O=CC1CCC(F)(F)CC1. The molecule has 2 aromatic carbocycles. The number of hydrogen-bond donors (Lipinski definition) is 3. The van der Waals surface area contributed by atoms with E-state index in [-0.39, 0.29) is 107 Å². The van der Waals surface area contributed by atoms with Gasteiger partial charge in [-0.05, 0) is 143 Å². The van der Waals surface area contributed by atoms with E-state index >= 15 is 0 Å². The molecule has 0 unspecified atom stereocenters. The van der Waals surface area contributed by atoms with Gasteiger partial charge in [0.15, 0.2) is 5.78 Å². The third-order valence-corrected chi connectivity index (χ3v) is 18.2. The molecule has 16 nitrogen and oxygen atoms in total. The average Bonchev–Trinajstić information content (AvgIpc) is 0.865. The van der Waals surface area contributed by atoms with Crippen LogP contribution in [0.1, 0.15) is 161 Å². The molecular weight excluding hydrogens is 1430 g/mol. The maximum Gasteiger partial charge on any atom is 0.335 e. The number of methoxy groups -OCH3 is 3. The van der Waals surface area contributed by atoms with Crippen LogP contribution in [-0.2, 0) is 60.0 Å². The molecule has 2 amide bonds. The Morgan fingerprint density at radius 3 is 1.43 bits per heavy atom. The fourth-order valence-corrected chi connectivity index (χ4v) is 12.5. The highest BCUT2D eigenvalue weighted by atomic mass is 79.9. The van der Waals surface area contributed by atoms with Crippen LogP contribution in [0.25, 0.3) is 12.2 Å². The number of aryl methyl sites for hydroxylation is 1. The van der Waals surface area contributed by atoms with Gasteiger partial charge in [-0.25, -0.2) is 41.3 Å². The molecule has 0 atom stereocenters. The lowest BCUT2D eigenvalue weighted by atomic mass is 9.86.